The molecule has 0 saturated carbocycles. The van der Waals surface area contributed by atoms with Crippen LogP contribution in [0.2, 0.25) is 5.28 Å². The molecule has 0 bridgehead atoms. The summed E-state index contributed by atoms with van der Waals surface area (Å²) in [6.07, 6.45) is 2.99. The van der Waals surface area contributed by atoms with Crippen LogP contribution in [0.25, 0.3) is 0 Å². The van der Waals surface area contributed by atoms with Crippen molar-refractivity contribution >= 4 is 27.3 Å². The van der Waals surface area contributed by atoms with Crippen molar-refractivity contribution < 1.29 is 8.42 Å². The van der Waals surface area contributed by atoms with Crippen LogP contribution in [0, 0.1) is 0 Å². The largest absolute Gasteiger partial charge is 0.369 e. The van der Waals surface area contributed by atoms with Crippen LogP contribution in [-0.4, -0.2) is 35.9 Å². The molecule has 0 spiro atoms. The number of rotatable bonds is 3. The van der Waals surface area contributed by atoms with E-state index in [4.69, 9.17) is 11.6 Å². The van der Waals surface area contributed by atoms with E-state index in [2.05, 4.69) is 15.3 Å². The molecule has 1 aliphatic rings. The minimum Gasteiger partial charge on any atom is -0.369 e. The monoisotopic (exact) mass is 261 g/mol. The third-order valence-electron chi connectivity index (χ3n) is 2.60. The maximum Gasteiger partial charge on any atom is 0.224 e. The molecule has 1 aromatic rings. The Hall–Kier alpha value is -0.880. The van der Waals surface area contributed by atoms with Crippen molar-refractivity contribution in [2.45, 2.75) is 18.1 Å². The van der Waals surface area contributed by atoms with Crippen molar-refractivity contribution in [3.63, 3.8) is 0 Å². The highest BCUT2D eigenvalue weighted by Crippen LogP contribution is 2.20. The summed E-state index contributed by atoms with van der Waals surface area (Å²) in [5.41, 5.74) is 0. The van der Waals surface area contributed by atoms with Crippen molar-refractivity contribution in [2.75, 3.05) is 17.6 Å². The van der Waals surface area contributed by atoms with E-state index in [0.717, 1.165) is 6.42 Å². The number of hydrogen-bond acceptors (Lipinski definition) is 5. The topological polar surface area (TPSA) is 72.0 Å². The molecule has 1 aliphatic heterocycles. The number of anilines is 1. The average molecular weight is 262 g/mol. The Morgan fingerprint density at radius 1 is 1.56 bits per heavy atom. The summed E-state index contributed by atoms with van der Waals surface area (Å²) in [5, 5.41) is 2.82. The molecule has 1 saturated heterocycles. The molecule has 2 rings (SSSR count). The van der Waals surface area contributed by atoms with Gasteiger partial charge in [-0.2, -0.15) is 0 Å². The van der Waals surface area contributed by atoms with Crippen LogP contribution in [-0.2, 0) is 9.84 Å². The summed E-state index contributed by atoms with van der Waals surface area (Å²) in [7, 11) is -2.91. The second-order valence-corrected chi connectivity index (χ2v) is 6.46. The lowest BCUT2D eigenvalue weighted by Gasteiger charge is -2.10. The predicted molar refractivity (Wildman–Crippen MR) is 62.3 cm³/mol. The summed E-state index contributed by atoms with van der Waals surface area (Å²) in [6, 6.07) is 1.66. The van der Waals surface area contributed by atoms with Gasteiger partial charge in [-0.05, 0) is 30.5 Å². The van der Waals surface area contributed by atoms with E-state index >= 15 is 0 Å². The van der Waals surface area contributed by atoms with Gasteiger partial charge in [0, 0.05) is 12.7 Å². The molecule has 1 unspecified atom stereocenters. The highest BCUT2D eigenvalue weighted by molar-refractivity contribution is 7.92. The molecule has 1 atom stereocenters. The Kier molecular flexibility index (Phi) is 3.30. The van der Waals surface area contributed by atoms with E-state index in [1.165, 1.54) is 6.20 Å². The molecule has 1 fully saturated rings. The van der Waals surface area contributed by atoms with Crippen LogP contribution in [0.4, 0.5) is 5.82 Å². The zero-order valence-electron chi connectivity index (χ0n) is 8.56. The van der Waals surface area contributed by atoms with Crippen molar-refractivity contribution in [2.24, 2.45) is 0 Å². The normalized spacial score (nSPS) is 23.2. The molecule has 16 heavy (non-hydrogen) atoms. The molecule has 0 amide bonds. The predicted octanol–water partition coefficient (Wildman–Crippen LogP) is 1.12. The summed E-state index contributed by atoms with van der Waals surface area (Å²) in [5.74, 6) is 0.853. The molecule has 5 nitrogen and oxygen atoms in total. The maximum atomic E-state index is 11.6. The van der Waals surface area contributed by atoms with Crippen LogP contribution in [0.15, 0.2) is 12.3 Å². The highest BCUT2D eigenvalue weighted by Gasteiger charge is 2.30. The van der Waals surface area contributed by atoms with Crippen LogP contribution >= 0.6 is 11.6 Å². The van der Waals surface area contributed by atoms with Gasteiger partial charge >= 0.3 is 0 Å². The van der Waals surface area contributed by atoms with Crippen LogP contribution < -0.4 is 5.32 Å². The Morgan fingerprint density at radius 3 is 3.00 bits per heavy atom. The zero-order valence-corrected chi connectivity index (χ0v) is 10.1. The standard InChI is InChI=1S/C9H12ClN3O2S/c10-9-11-4-3-8(13-9)12-6-7-2-1-5-16(7,14)15/h3-4,7H,1-2,5-6H2,(H,11,12,13). The number of nitrogens with one attached hydrogen (secondary N) is 1. The Balaban J connectivity index is 1.98. The number of hydrogen-bond donors (Lipinski definition) is 1. The molecular weight excluding hydrogens is 250 g/mol. The summed E-state index contributed by atoms with van der Waals surface area (Å²) in [6.45, 7) is 0.385. The number of nitrogens with zero attached hydrogens (tertiary/aromatic N) is 2. The van der Waals surface area contributed by atoms with Gasteiger partial charge in [0.25, 0.3) is 0 Å². The lowest BCUT2D eigenvalue weighted by atomic mass is 10.2. The number of halogens is 1. The summed E-state index contributed by atoms with van der Waals surface area (Å²) >= 11 is 5.62. The Bertz CT molecular complexity index is 477. The van der Waals surface area contributed by atoms with Crippen molar-refractivity contribution in [1.82, 2.24) is 9.97 Å². The second-order valence-electron chi connectivity index (χ2n) is 3.72. The van der Waals surface area contributed by atoms with Gasteiger partial charge in [-0.15, -0.1) is 0 Å². The number of aromatic nitrogens is 2. The minimum atomic E-state index is -2.91. The highest BCUT2D eigenvalue weighted by atomic mass is 35.5. The molecule has 0 aromatic carbocycles. The van der Waals surface area contributed by atoms with Crippen molar-refractivity contribution in [3.05, 3.63) is 17.5 Å². The van der Waals surface area contributed by atoms with Crippen LogP contribution in [0.5, 0.6) is 0 Å². The molecule has 1 N–H and O–H groups in total. The second kappa shape index (κ2) is 4.55. The van der Waals surface area contributed by atoms with E-state index in [0.29, 0.717) is 24.5 Å². The first-order chi connectivity index (χ1) is 7.58. The van der Waals surface area contributed by atoms with E-state index < -0.39 is 9.84 Å². The first-order valence-corrected chi connectivity index (χ1v) is 7.11. The fraction of sp³-hybridized carbons (Fsp3) is 0.556. The molecule has 7 heteroatoms. The van der Waals surface area contributed by atoms with Gasteiger partial charge in [-0.3, -0.25) is 0 Å². The first-order valence-electron chi connectivity index (χ1n) is 5.02. The first kappa shape index (κ1) is 11.6. The average Bonchev–Trinajstić information content (AvgIpc) is 2.55. The number of sulfone groups is 1. The molecular formula is C9H12ClN3O2S. The lowest BCUT2D eigenvalue weighted by molar-refractivity contribution is 0.591. The van der Waals surface area contributed by atoms with Crippen molar-refractivity contribution in [1.29, 1.82) is 0 Å². The molecule has 2 heterocycles. The van der Waals surface area contributed by atoms with E-state index in [1.807, 2.05) is 0 Å². The lowest BCUT2D eigenvalue weighted by Crippen LogP contribution is -2.25. The van der Waals surface area contributed by atoms with E-state index in [1.54, 1.807) is 6.07 Å². The van der Waals surface area contributed by atoms with Gasteiger partial charge < -0.3 is 5.32 Å². The van der Waals surface area contributed by atoms with Gasteiger partial charge in [0.15, 0.2) is 9.84 Å². The smallest absolute Gasteiger partial charge is 0.224 e. The minimum absolute atomic E-state index is 0.152. The summed E-state index contributed by atoms with van der Waals surface area (Å²) < 4.78 is 23.1. The van der Waals surface area contributed by atoms with E-state index in [9.17, 15) is 8.42 Å². The Labute approximate surface area is 99.2 Å². The van der Waals surface area contributed by atoms with E-state index in [-0.39, 0.29) is 10.5 Å². The molecule has 0 radical (unpaired) electrons. The SMILES string of the molecule is O=S1(=O)CCCC1CNc1ccnc(Cl)n1. The molecule has 1 aromatic heterocycles. The summed E-state index contributed by atoms with van der Waals surface area (Å²) in [4.78, 5) is 7.67. The third kappa shape index (κ3) is 2.62. The van der Waals surface area contributed by atoms with Crippen LogP contribution in [0.3, 0.4) is 0 Å². The zero-order chi connectivity index (χ0) is 11.6. The van der Waals surface area contributed by atoms with Crippen molar-refractivity contribution in [3.8, 4) is 0 Å². The van der Waals surface area contributed by atoms with Gasteiger partial charge in [0.05, 0.1) is 11.0 Å². The molecule has 0 aliphatic carbocycles. The maximum absolute atomic E-state index is 11.6. The fourth-order valence-corrected chi connectivity index (χ4v) is 3.65. The van der Waals surface area contributed by atoms with Gasteiger partial charge in [0.2, 0.25) is 5.28 Å². The third-order valence-corrected chi connectivity index (χ3v) is 5.06. The van der Waals surface area contributed by atoms with Gasteiger partial charge in [0.1, 0.15) is 5.82 Å². The van der Waals surface area contributed by atoms with Crippen LogP contribution in [0.1, 0.15) is 12.8 Å². The van der Waals surface area contributed by atoms with Gasteiger partial charge in [-0.1, -0.05) is 0 Å². The fourth-order valence-electron chi connectivity index (χ4n) is 1.74. The quantitative estimate of drug-likeness (QED) is 0.826. The van der Waals surface area contributed by atoms with Gasteiger partial charge in [-0.25, -0.2) is 18.4 Å². The molecule has 88 valence electrons. The Morgan fingerprint density at radius 2 is 2.38 bits per heavy atom.